The molecule has 0 radical (unpaired) electrons. The average Bonchev–Trinajstić information content (AvgIpc) is 3.21. The molecule has 4 rings (SSSR count). The van der Waals surface area contributed by atoms with Gasteiger partial charge in [-0.05, 0) is 47.7 Å². The number of hydrogen-bond acceptors (Lipinski definition) is 6. The van der Waals surface area contributed by atoms with E-state index >= 15 is 0 Å². The summed E-state index contributed by atoms with van der Waals surface area (Å²) in [6, 6.07) is 13.7. The van der Waals surface area contributed by atoms with Crippen LogP contribution in [-0.4, -0.2) is 46.4 Å². The van der Waals surface area contributed by atoms with E-state index in [0.717, 1.165) is 0 Å². The van der Waals surface area contributed by atoms with Crippen molar-refractivity contribution in [2.45, 2.75) is 6.18 Å². The number of amides is 1. The second kappa shape index (κ2) is 9.28. The summed E-state index contributed by atoms with van der Waals surface area (Å²) in [7, 11) is 0. The van der Waals surface area contributed by atoms with Gasteiger partial charge in [-0.1, -0.05) is 35.9 Å². The van der Waals surface area contributed by atoms with Crippen LogP contribution in [0.2, 0.25) is 5.02 Å². The first-order chi connectivity index (χ1) is 15.7. The molecule has 33 heavy (non-hydrogen) atoms. The minimum Gasteiger partial charge on any atom is -0.490 e. The first kappa shape index (κ1) is 22.9. The summed E-state index contributed by atoms with van der Waals surface area (Å²) in [5.74, 6) is -0.193. The van der Waals surface area contributed by atoms with Crippen molar-refractivity contribution in [3.8, 4) is 11.5 Å². The van der Waals surface area contributed by atoms with E-state index in [-0.39, 0.29) is 35.7 Å². The van der Waals surface area contributed by atoms with E-state index in [1.807, 2.05) is 6.07 Å². The Labute approximate surface area is 195 Å². The largest absolute Gasteiger partial charge is 0.490 e. The molecule has 0 spiro atoms. The third-order valence-corrected chi connectivity index (χ3v) is 5.60. The Balaban J connectivity index is 1.38. The van der Waals surface area contributed by atoms with E-state index in [1.165, 1.54) is 6.08 Å². The Morgan fingerprint density at radius 2 is 1.79 bits per heavy atom. The third-order valence-electron chi connectivity index (χ3n) is 4.33. The summed E-state index contributed by atoms with van der Waals surface area (Å²) in [5.41, 5.74) is 0.363. The quantitative estimate of drug-likeness (QED) is 0.452. The van der Waals surface area contributed by atoms with E-state index in [0.29, 0.717) is 27.1 Å². The van der Waals surface area contributed by atoms with Gasteiger partial charge in [0.25, 0.3) is 5.91 Å². The number of ether oxygens (including phenoxy) is 2. The fourth-order valence-corrected chi connectivity index (χ4v) is 3.76. The summed E-state index contributed by atoms with van der Waals surface area (Å²) >= 11 is 6.22. The highest BCUT2D eigenvalue weighted by Crippen LogP contribution is 2.35. The molecule has 2 aliphatic heterocycles. The first-order valence-corrected chi connectivity index (χ1v) is 10.6. The molecule has 0 bridgehead atoms. The minimum atomic E-state index is -4.69. The van der Waals surface area contributed by atoms with Gasteiger partial charge in [0.1, 0.15) is 24.7 Å². The van der Waals surface area contributed by atoms with Crippen LogP contribution in [0.4, 0.5) is 13.2 Å². The Kier molecular flexibility index (Phi) is 6.43. The van der Waals surface area contributed by atoms with E-state index < -0.39 is 23.0 Å². The number of carbonyl (C=O) groups excluding carboxylic acids is 1. The lowest BCUT2D eigenvalue weighted by molar-refractivity contribution is -0.114. The third kappa shape index (κ3) is 5.20. The van der Waals surface area contributed by atoms with Crippen LogP contribution in [0.5, 0.6) is 11.5 Å². The number of fused-ring (bicyclic) bond motifs is 1. The van der Waals surface area contributed by atoms with Crippen LogP contribution in [-0.2, 0) is 4.79 Å². The van der Waals surface area contributed by atoms with Gasteiger partial charge in [0, 0.05) is 0 Å². The highest BCUT2D eigenvalue weighted by molar-refractivity contribution is 8.27. The van der Waals surface area contributed by atoms with Crippen LogP contribution >= 0.6 is 23.4 Å². The Morgan fingerprint density at radius 3 is 2.48 bits per heavy atom. The monoisotopic (exact) mass is 494 g/mol. The maximum absolute atomic E-state index is 12.9. The molecule has 0 aliphatic carbocycles. The summed E-state index contributed by atoms with van der Waals surface area (Å²) in [6.07, 6.45) is -3.33. The van der Waals surface area contributed by atoms with E-state index in [2.05, 4.69) is 10.1 Å². The zero-order valence-corrected chi connectivity index (χ0v) is 18.2. The summed E-state index contributed by atoms with van der Waals surface area (Å²) in [6.45, 7) is 0.536. The molecule has 170 valence electrons. The highest BCUT2D eigenvalue weighted by Gasteiger charge is 2.46. The highest BCUT2D eigenvalue weighted by atomic mass is 35.5. The Bertz CT molecular complexity index is 1200. The number of benzene rings is 2. The SMILES string of the molecule is N=C1C(=Cc2ccc(OCCOc3ccccc3Cl)cc2)C(=O)N=C2SC(C(F)(F)F)=NN12. The number of hydrazone groups is 1. The molecule has 0 aromatic heterocycles. The van der Waals surface area contributed by atoms with Crippen LogP contribution in [0.1, 0.15) is 5.56 Å². The van der Waals surface area contributed by atoms with Gasteiger partial charge in [0.15, 0.2) is 5.84 Å². The number of aliphatic imine (C=N–C) groups is 1. The van der Waals surface area contributed by atoms with Crippen molar-refractivity contribution in [2.75, 3.05) is 13.2 Å². The van der Waals surface area contributed by atoms with E-state index in [9.17, 15) is 18.0 Å². The molecule has 7 nitrogen and oxygen atoms in total. The fourth-order valence-electron chi connectivity index (χ4n) is 2.81. The summed E-state index contributed by atoms with van der Waals surface area (Å²) in [5, 5.41) is 11.2. The van der Waals surface area contributed by atoms with Gasteiger partial charge in [0.05, 0.1) is 10.6 Å². The van der Waals surface area contributed by atoms with Crippen molar-refractivity contribution in [3.63, 3.8) is 0 Å². The number of rotatable bonds is 6. The molecule has 1 N–H and O–H groups in total. The van der Waals surface area contributed by atoms with Crippen molar-refractivity contribution < 1.29 is 27.4 Å². The topological polar surface area (TPSA) is 87.3 Å². The average molecular weight is 495 g/mol. The second-order valence-electron chi connectivity index (χ2n) is 6.62. The fraction of sp³-hybridized carbons (Fsp3) is 0.143. The molecule has 2 aliphatic rings. The molecular weight excluding hydrogens is 481 g/mol. The molecule has 2 aromatic carbocycles. The smallest absolute Gasteiger partial charge is 0.441 e. The number of hydrogen-bond donors (Lipinski definition) is 1. The van der Waals surface area contributed by atoms with Gasteiger partial charge >= 0.3 is 6.18 Å². The van der Waals surface area contributed by atoms with Gasteiger partial charge in [-0.15, -0.1) is 0 Å². The molecule has 0 saturated heterocycles. The Hall–Kier alpha value is -3.31. The van der Waals surface area contributed by atoms with Gasteiger partial charge < -0.3 is 9.47 Å². The number of amidine groups is 2. The molecule has 0 fully saturated rings. The van der Waals surface area contributed by atoms with Gasteiger partial charge in [0.2, 0.25) is 10.2 Å². The van der Waals surface area contributed by atoms with Crippen molar-refractivity contribution in [3.05, 3.63) is 64.7 Å². The predicted octanol–water partition coefficient (Wildman–Crippen LogP) is 4.98. The molecule has 0 atom stereocenters. The van der Waals surface area contributed by atoms with E-state index in [1.54, 1.807) is 42.5 Å². The van der Waals surface area contributed by atoms with Crippen LogP contribution in [0.25, 0.3) is 6.08 Å². The minimum absolute atomic E-state index is 0.173. The van der Waals surface area contributed by atoms with Crippen LogP contribution in [0.15, 0.2) is 64.2 Å². The lowest BCUT2D eigenvalue weighted by Gasteiger charge is -2.20. The zero-order valence-electron chi connectivity index (χ0n) is 16.6. The normalized spacial score (nSPS) is 17.1. The van der Waals surface area contributed by atoms with Crippen LogP contribution < -0.4 is 9.47 Å². The first-order valence-electron chi connectivity index (χ1n) is 9.40. The van der Waals surface area contributed by atoms with Crippen molar-refractivity contribution in [1.29, 1.82) is 5.41 Å². The predicted molar refractivity (Wildman–Crippen MR) is 120 cm³/mol. The van der Waals surface area contributed by atoms with E-state index in [4.69, 9.17) is 26.5 Å². The second-order valence-corrected chi connectivity index (χ2v) is 7.98. The number of nitrogens with zero attached hydrogens (tertiary/aromatic N) is 3. The lowest BCUT2D eigenvalue weighted by Crippen LogP contribution is -2.35. The van der Waals surface area contributed by atoms with Crippen molar-refractivity contribution in [2.24, 2.45) is 10.1 Å². The molecule has 0 saturated carbocycles. The van der Waals surface area contributed by atoms with Gasteiger partial charge in [-0.2, -0.15) is 28.3 Å². The maximum Gasteiger partial charge on any atom is 0.441 e. The van der Waals surface area contributed by atoms with Crippen molar-refractivity contribution >= 4 is 51.4 Å². The summed E-state index contributed by atoms with van der Waals surface area (Å²) < 4.78 is 49.8. The molecule has 1 amide bonds. The standard InChI is InChI=1S/C21H14ClF3N4O3S/c22-15-3-1-2-4-16(15)32-10-9-31-13-7-5-12(6-8-13)11-14-17(26)29-20(27-18(14)30)33-19(28-29)21(23,24)25/h1-8,11,26H,9-10H2. The molecular formula is C21H14ClF3N4O3S. The number of carbonyl (C=O) groups is 1. The lowest BCUT2D eigenvalue weighted by atomic mass is 10.1. The zero-order chi connectivity index (χ0) is 23.6. The number of alkyl halides is 3. The molecule has 2 aromatic rings. The maximum atomic E-state index is 12.9. The molecule has 12 heteroatoms. The number of halogens is 4. The number of para-hydroxylation sites is 1. The van der Waals surface area contributed by atoms with Crippen LogP contribution in [0, 0.1) is 5.41 Å². The number of nitrogens with one attached hydrogen (secondary N) is 1. The molecule has 0 unspecified atom stereocenters. The molecule has 2 heterocycles. The van der Waals surface area contributed by atoms with Crippen LogP contribution in [0.3, 0.4) is 0 Å². The van der Waals surface area contributed by atoms with Gasteiger partial charge in [-0.25, -0.2) is 0 Å². The number of thioether (sulfide) groups is 1. The Morgan fingerprint density at radius 1 is 1.09 bits per heavy atom. The summed E-state index contributed by atoms with van der Waals surface area (Å²) in [4.78, 5) is 15.9. The van der Waals surface area contributed by atoms with Crippen molar-refractivity contribution in [1.82, 2.24) is 5.01 Å². The van der Waals surface area contributed by atoms with Gasteiger partial charge in [-0.3, -0.25) is 10.2 Å².